The van der Waals surface area contributed by atoms with E-state index < -0.39 is 0 Å². The van der Waals surface area contributed by atoms with Crippen LogP contribution in [0.15, 0.2) is 6.07 Å². The van der Waals surface area contributed by atoms with Crippen LogP contribution in [0, 0.1) is 6.92 Å². The van der Waals surface area contributed by atoms with Gasteiger partial charge in [-0.25, -0.2) is 9.97 Å². The van der Waals surface area contributed by atoms with E-state index in [-0.39, 0.29) is 11.2 Å². The number of rotatable bonds is 1. The molecule has 1 aliphatic rings. The highest BCUT2D eigenvalue weighted by molar-refractivity contribution is 6.28. The molecular weight excluding hydrogens is 228 g/mol. The van der Waals surface area contributed by atoms with Gasteiger partial charge in [-0.15, -0.1) is 0 Å². The Balaban J connectivity index is 2.19. The Morgan fingerprint density at radius 1 is 1.44 bits per heavy atom. The summed E-state index contributed by atoms with van der Waals surface area (Å²) >= 11 is 5.81. The third-order valence-corrected chi connectivity index (χ3v) is 2.62. The van der Waals surface area contributed by atoms with Crippen LogP contribution in [0.4, 0.5) is 5.82 Å². The molecule has 0 atom stereocenters. The Kier molecular flexibility index (Phi) is 3.24. The largest absolute Gasteiger partial charge is 0.354 e. The van der Waals surface area contributed by atoms with Gasteiger partial charge in [0.1, 0.15) is 5.82 Å². The van der Waals surface area contributed by atoms with Gasteiger partial charge >= 0.3 is 0 Å². The van der Waals surface area contributed by atoms with Crippen LogP contribution in [0.3, 0.4) is 0 Å². The third-order valence-electron chi connectivity index (χ3n) is 2.45. The first-order valence-corrected chi connectivity index (χ1v) is 5.56. The van der Waals surface area contributed by atoms with E-state index in [0.29, 0.717) is 19.5 Å². The maximum atomic E-state index is 11.2. The molecule has 0 aromatic carbocycles. The van der Waals surface area contributed by atoms with E-state index in [1.807, 2.05) is 17.9 Å². The van der Waals surface area contributed by atoms with Gasteiger partial charge in [0.15, 0.2) is 0 Å². The first-order chi connectivity index (χ1) is 7.65. The molecule has 1 saturated heterocycles. The summed E-state index contributed by atoms with van der Waals surface area (Å²) < 4.78 is 0. The van der Waals surface area contributed by atoms with Crippen LogP contribution in [0.5, 0.6) is 0 Å². The summed E-state index contributed by atoms with van der Waals surface area (Å²) in [6.45, 7) is 3.93. The van der Waals surface area contributed by atoms with Crippen LogP contribution in [-0.4, -0.2) is 35.5 Å². The molecule has 1 aromatic heterocycles. The normalized spacial score (nSPS) is 16.9. The van der Waals surface area contributed by atoms with Crippen LogP contribution in [0.25, 0.3) is 0 Å². The van der Waals surface area contributed by atoms with Crippen molar-refractivity contribution in [2.75, 3.05) is 24.5 Å². The van der Waals surface area contributed by atoms with Crippen LogP contribution >= 0.6 is 11.6 Å². The Hall–Kier alpha value is -1.36. The zero-order valence-corrected chi connectivity index (χ0v) is 9.79. The topological polar surface area (TPSA) is 58.1 Å². The van der Waals surface area contributed by atoms with Crippen molar-refractivity contribution in [1.29, 1.82) is 0 Å². The van der Waals surface area contributed by atoms with E-state index in [4.69, 9.17) is 11.6 Å². The van der Waals surface area contributed by atoms with Crippen molar-refractivity contribution in [1.82, 2.24) is 15.3 Å². The van der Waals surface area contributed by atoms with Crippen molar-refractivity contribution in [3.63, 3.8) is 0 Å². The van der Waals surface area contributed by atoms with Gasteiger partial charge < -0.3 is 10.2 Å². The Labute approximate surface area is 98.8 Å². The van der Waals surface area contributed by atoms with E-state index in [1.165, 1.54) is 0 Å². The fourth-order valence-electron chi connectivity index (χ4n) is 1.67. The molecule has 0 radical (unpaired) electrons. The van der Waals surface area contributed by atoms with E-state index in [9.17, 15) is 4.79 Å². The fourth-order valence-corrected chi connectivity index (χ4v) is 1.89. The van der Waals surface area contributed by atoms with Crippen molar-refractivity contribution < 1.29 is 4.79 Å². The quantitative estimate of drug-likeness (QED) is 0.737. The minimum atomic E-state index is 0.0828. The number of hydrogen-bond donors (Lipinski definition) is 1. The summed E-state index contributed by atoms with van der Waals surface area (Å²) in [6.07, 6.45) is 0.487. The molecule has 1 aromatic rings. The van der Waals surface area contributed by atoms with Gasteiger partial charge in [-0.05, 0) is 18.5 Å². The molecule has 5 nitrogen and oxygen atoms in total. The Morgan fingerprint density at radius 3 is 3.00 bits per heavy atom. The second-order valence-corrected chi connectivity index (χ2v) is 4.06. The molecule has 1 N–H and O–H groups in total. The molecule has 16 heavy (non-hydrogen) atoms. The number of aromatic nitrogens is 2. The third kappa shape index (κ3) is 2.61. The van der Waals surface area contributed by atoms with Gasteiger partial charge in [0.25, 0.3) is 0 Å². The number of anilines is 1. The second kappa shape index (κ2) is 4.65. The first-order valence-electron chi connectivity index (χ1n) is 5.18. The highest BCUT2D eigenvalue weighted by Crippen LogP contribution is 2.15. The molecule has 0 unspecified atom stereocenters. The number of hydrogen-bond acceptors (Lipinski definition) is 4. The fraction of sp³-hybridized carbons (Fsp3) is 0.500. The summed E-state index contributed by atoms with van der Waals surface area (Å²) in [5.41, 5.74) is 0.832. The molecule has 0 bridgehead atoms. The second-order valence-electron chi connectivity index (χ2n) is 3.72. The minimum absolute atomic E-state index is 0.0828. The standard InChI is InChI=1S/C10H13ClN4O/c1-7-6-8(14-10(11)13-7)15-4-2-9(16)12-3-5-15/h6H,2-5H2,1H3,(H,12,16). The Morgan fingerprint density at radius 2 is 2.25 bits per heavy atom. The zero-order chi connectivity index (χ0) is 11.5. The molecule has 2 heterocycles. The van der Waals surface area contributed by atoms with Crippen molar-refractivity contribution >= 4 is 23.3 Å². The molecule has 2 rings (SSSR count). The van der Waals surface area contributed by atoms with Crippen molar-refractivity contribution in [3.8, 4) is 0 Å². The molecule has 6 heteroatoms. The average Bonchev–Trinajstić information content (AvgIpc) is 2.41. The summed E-state index contributed by atoms with van der Waals surface area (Å²) in [5.74, 6) is 0.869. The smallest absolute Gasteiger partial charge is 0.224 e. The molecule has 1 amide bonds. The van der Waals surface area contributed by atoms with Crippen LogP contribution in [-0.2, 0) is 4.79 Å². The molecular formula is C10H13ClN4O. The number of nitrogens with zero attached hydrogens (tertiary/aromatic N) is 3. The lowest BCUT2D eigenvalue weighted by atomic mass is 10.3. The summed E-state index contributed by atoms with van der Waals surface area (Å²) in [5, 5.41) is 3.07. The van der Waals surface area contributed by atoms with Crippen molar-refractivity contribution in [3.05, 3.63) is 17.0 Å². The number of carbonyl (C=O) groups is 1. The predicted molar refractivity (Wildman–Crippen MR) is 61.6 cm³/mol. The number of nitrogens with one attached hydrogen (secondary N) is 1. The van der Waals surface area contributed by atoms with E-state index in [1.54, 1.807) is 0 Å². The van der Waals surface area contributed by atoms with E-state index in [0.717, 1.165) is 18.1 Å². The lowest BCUT2D eigenvalue weighted by Gasteiger charge is -2.20. The SMILES string of the molecule is Cc1cc(N2CCNC(=O)CC2)nc(Cl)n1. The highest BCUT2D eigenvalue weighted by atomic mass is 35.5. The van der Waals surface area contributed by atoms with Crippen molar-refractivity contribution in [2.24, 2.45) is 0 Å². The monoisotopic (exact) mass is 240 g/mol. The number of amides is 1. The molecule has 0 spiro atoms. The lowest BCUT2D eigenvalue weighted by Crippen LogP contribution is -2.29. The predicted octanol–water partition coefficient (Wildman–Crippen LogP) is 0.765. The van der Waals surface area contributed by atoms with Crippen LogP contribution in [0.2, 0.25) is 5.28 Å². The maximum absolute atomic E-state index is 11.2. The molecule has 1 fully saturated rings. The zero-order valence-electron chi connectivity index (χ0n) is 9.03. The van der Waals surface area contributed by atoms with Crippen LogP contribution < -0.4 is 10.2 Å². The van der Waals surface area contributed by atoms with Gasteiger partial charge in [-0.3, -0.25) is 4.79 Å². The van der Waals surface area contributed by atoms with Gasteiger partial charge in [0.2, 0.25) is 11.2 Å². The Bertz CT molecular complexity index is 390. The summed E-state index contributed by atoms with van der Waals surface area (Å²) in [7, 11) is 0. The van der Waals surface area contributed by atoms with Gasteiger partial charge in [0, 0.05) is 37.8 Å². The number of halogens is 1. The minimum Gasteiger partial charge on any atom is -0.354 e. The van der Waals surface area contributed by atoms with Gasteiger partial charge in [-0.2, -0.15) is 0 Å². The molecule has 0 saturated carbocycles. The molecule has 86 valence electrons. The highest BCUT2D eigenvalue weighted by Gasteiger charge is 2.15. The van der Waals surface area contributed by atoms with E-state index >= 15 is 0 Å². The van der Waals surface area contributed by atoms with Crippen LogP contribution in [0.1, 0.15) is 12.1 Å². The molecule has 1 aliphatic heterocycles. The maximum Gasteiger partial charge on any atom is 0.224 e. The van der Waals surface area contributed by atoms with E-state index in [2.05, 4.69) is 15.3 Å². The van der Waals surface area contributed by atoms with Gasteiger partial charge in [-0.1, -0.05) is 0 Å². The molecule has 0 aliphatic carbocycles. The summed E-state index contributed by atoms with van der Waals surface area (Å²) in [4.78, 5) is 21.4. The first kappa shape index (κ1) is 11.1. The van der Waals surface area contributed by atoms with Crippen molar-refractivity contribution in [2.45, 2.75) is 13.3 Å². The number of aryl methyl sites for hydroxylation is 1. The summed E-state index contributed by atoms with van der Waals surface area (Å²) in [6, 6.07) is 1.88. The lowest BCUT2D eigenvalue weighted by molar-refractivity contribution is -0.120. The number of carbonyl (C=O) groups excluding carboxylic acids is 1. The van der Waals surface area contributed by atoms with Gasteiger partial charge in [0.05, 0.1) is 0 Å². The average molecular weight is 241 g/mol.